The van der Waals surface area contributed by atoms with Crippen molar-refractivity contribution in [2.45, 2.75) is 33.2 Å². The fraction of sp³-hybridized carbons (Fsp3) is 0.600. The van der Waals surface area contributed by atoms with Gasteiger partial charge in [-0.25, -0.2) is 0 Å². The van der Waals surface area contributed by atoms with E-state index in [1.165, 1.54) is 0 Å². The molecule has 4 nitrogen and oxygen atoms in total. The maximum atomic E-state index is 5.37. The molecule has 1 aliphatic heterocycles. The van der Waals surface area contributed by atoms with Crippen LogP contribution in [0, 0.1) is 5.41 Å². The van der Waals surface area contributed by atoms with Crippen LogP contribution in [0.4, 0.5) is 11.4 Å². The van der Waals surface area contributed by atoms with Gasteiger partial charge in [0.2, 0.25) is 0 Å². The van der Waals surface area contributed by atoms with Gasteiger partial charge in [-0.1, -0.05) is 20.8 Å². The van der Waals surface area contributed by atoms with Crippen molar-refractivity contribution in [2.75, 3.05) is 31.4 Å². The Balaban J connectivity index is 2.37. The van der Waals surface area contributed by atoms with Crippen molar-refractivity contribution in [3.63, 3.8) is 0 Å². The molecule has 1 aromatic carbocycles. The minimum atomic E-state index is 0.219. The third kappa shape index (κ3) is 2.88. The van der Waals surface area contributed by atoms with Crippen LogP contribution in [0.25, 0.3) is 0 Å². The Morgan fingerprint density at radius 3 is 2.16 bits per heavy atom. The molecular formula is C15H24N2O2. The van der Waals surface area contributed by atoms with Crippen LogP contribution in [0.15, 0.2) is 12.1 Å². The van der Waals surface area contributed by atoms with E-state index < -0.39 is 0 Å². The molecule has 0 saturated heterocycles. The van der Waals surface area contributed by atoms with E-state index in [1.54, 1.807) is 14.2 Å². The summed E-state index contributed by atoms with van der Waals surface area (Å²) in [5, 5.41) is 7.08. The van der Waals surface area contributed by atoms with E-state index in [0.29, 0.717) is 6.04 Å². The highest BCUT2D eigenvalue weighted by Gasteiger charge is 2.27. The third-order valence-electron chi connectivity index (χ3n) is 3.65. The lowest BCUT2D eigenvalue weighted by atomic mass is 9.85. The van der Waals surface area contributed by atoms with Gasteiger partial charge in [-0.05, 0) is 11.8 Å². The maximum Gasteiger partial charge on any atom is 0.162 e. The molecule has 1 atom stereocenters. The van der Waals surface area contributed by atoms with E-state index in [9.17, 15) is 0 Å². The highest BCUT2D eigenvalue weighted by Crippen LogP contribution is 2.39. The topological polar surface area (TPSA) is 42.5 Å². The molecule has 0 radical (unpaired) electrons. The number of fused-ring (bicyclic) bond motifs is 1. The van der Waals surface area contributed by atoms with Gasteiger partial charge in [0, 0.05) is 24.7 Å². The molecule has 1 aliphatic rings. The van der Waals surface area contributed by atoms with Crippen LogP contribution in [0.3, 0.4) is 0 Å². The molecular weight excluding hydrogens is 240 g/mol. The van der Waals surface area contributed by atoms with Crippen LogP contribution in [0.5, 0.6) is 11.5 Å². The summed E-state index contributed by atoms with van der Waals surface area (Å²) in [7, 11) is 3.32. The maximum absolute atomic E-state index is 5.37. The van der Waals surface area contributed by atoms with Crippen molar-refractivity contribution in [3.8, 4) is 11.5 Å². The molecule has 0 amide bonds. The zero-order valence-electron chi connectivity index (χ0n) is 12.5. The van der Waals surface area contributed by atoms with Crippen LogP contribution < -0.4 is 20.1 Å². The summed E-state index contributed by atoms with van der Waals surface area (Å²) in [6.45, 7) is 7.74. The van der Waals surface area contributed by atoms with Gasteiger partial charge in [0.15, 0.2) is 11.5 Å². The second-order valence-electron chi connectivity index (χ2n) is 6.03. The molecule has 0 aliphatic carbocycles. The highest BCUT2D eigenvalue weighted by atomic mass is 16.5. The van der Waals surface area contributed by atoms with E-state index in [2.05, 4.69) is 31.4 Å². The summed E-state index contributed by atoms with van der Waals surface area (Å²) in [5.74, 6) is 1.51. The van der Waals surface area contributed by atoms with Gasteiger partial charge in [0.05, 0.1) is 25.6 Å². The molecule has 1 heterocycles. The molecule has 2 N–H and O–H groups in total. The van der Waals surface area contributed by atoms with Gasteiger partial charge < -0.3 is 20.1 Å². The minimum absolute atomic E-state index is 0.219. The van der Waals surface area contributed by atoms with E-state index >= 15 is 0 Å². The Bertz CT molecular complexity index is 452. The number of methoxy groups -OCH3 is 2. The predicted octanol–water partition coefficient (Wildman–Crippen LogP) is 3.35. The van der Waals surface area contributed by atoms with Crippen LogP contribution in [0.2, 0.25) is 0 Å². The first kappa shape index (κ1) is 13.8. The number of hydrogen-bond acceptors (Lipinski definition) is 4. The van der Waals surface area contributed by atoms with Gasteiger partial charge in [0.1, 0.15) is 0 Å². The average Bonchev–Trinajstić information content (AvgIpc) is 2.57. The number of benzene rings is 1. The summed E-state index contributed by atoms with van der Waals surface area (Å²) in [6, 6.07) is 4.43. The SMILES string of the molecule is COc1cc2c(cc1OC)NC(C(C)(C)C)CCN2. The Morgan fingerprint density at radius 2 is 1.63 bits per heavy atom. The first-order chi connectivity index (χ1) is 8.95. The number of ether oxygens (including phenoxy) is 2. The summed E-state index contributed by atoms with van der Waals surface area (Å²) in [5.41, 5.74) is 2.37. The number of nitrogens with one attached hydrogen (secondary N) is 2. The van der Waals surface area contributed by atoms with Gasteiger partial charge >= 0.3 is 0 Å². The molecule has 2 rings (SSSR count). The zero-order chi connectivity index (χ0) is 14.0. The standard InChI is InChI=1S/C15H24N2O2/c1-15(2,3)14-6-7-16-10-8-12(18-4)13(19-5)9-11(10)17-14/h8-9,14,16-17H,6-7H2,1-5H3. The summed E-state index contributed by atoms with van der Waals surface area (Å²) < 4.78 is 10.7. The normalized spacial score (nSPS) is 18.7. The Hall–Kier alpha value is -1.58. The minimum Gasteiger partial charge on any atom is -0.493 e. The summed E-state index contributed by atoms with van der Waals surface area (Å²) in [6.07, 6.45) is 1.09. The molecule has 0 fully saturated rings. The molecule has 0 aromatic heterocycles. The lowest BCUT2D eigenvalue weighted by Crippen LogP contribution is -2.34. The molecule has 0 spiro atoms. The molecule has 0 saturated carbocycles. The molecule has 1 aromatic rings. The fourth-order valence-corrected chi connectivity index (χ4v) is 2.41. The smallest absolute Gasteiger partial charge is 0.162 e. The fourth-order valence-electron chi connectivity index (χ4n) is 2.41. The lowest BCUT2D eigenvalue weighted by molar-refractivity contribution is 0.332. The van der Waals surface area contributed by atoms with Crippen molar-refractivity contribution < 1.29 is 9.47 Å². The second kappa shape index (κ2) is 5.19. The summed E-state index contributed by atoms with van der Waals surface area (Å²) >= 11 is 0. The van der Waals surface area contributed by atoms with E-state index in [-0.39, 0.29) is 5.41 Å². The van der Waals surface area contributed by atoms with Crippen molar-refractivity contribution in [3.05, 3.63) is 12.1 Å². The molecule has 4 heteroatoms. The zero-order valence-corrected chi connectivity index (χ0v) is 12.5. The Labute approximate surface area is 115 Å². The monoisotopic (exact) mass is 264 g/mol. The van der Waals surface area contributed by atoms with Crippen LogP contribution in [0.1, 0.15) is 27.2 Å². The van der Waals surface area contributed by atoms with Crippen LogP contribution in [-0.4, -0.2) is 26.8 Å². The Morgan fingerprint density at radius 1 is 1.05 bits per heavy atom. The third-order valence-corrected chi connectivity index (χ3v) is 3.65. The van der Waals surface area contributed by atoms with Crippen molar-refractivity contribution in [2.24, 2.45) is 5.41 Å². The van der Waals surface area contributed by atoms with Gasteiger partial charge in [-0.15, -0.1) is 0 Å². The van der Waals surface area contributed by atoms with Gasteiger partial charge in [-0.2, -0.15) is 0 Å². The van der Waals surface area contributed by atoms with E-state index in [1.807, 2.05) is 12.1 Å². The Kier molecular flexibility index (Phi) is 3.78. The second-order valence-corrected chi connectivity index (χ2v) is 6.03. The number of hydrogen-bond donors (Lipinski definition) is 2. The predicted molar refractivity (Wildman–Crippen MR) is 79.5 cm³/mol. The lowest BCUT2D eigenvalue weighted by Gasteiger charge is -2.31. The molecule has 19 heavy (non-hydrogen) atoms. The van der Waals surface area contributed by atoms with Crippen LogP contribution >= 0.6 is 0 Å². The molecule has 0 bridgehead atoms. The average molecular weight is 264 g/mol. The molecule has 1 unspecified atom stereocenters. The van der Waals surface area contributed by atoms with Gasteiger partial charge in [-0.3, -0.25) is 0 Å². The number of rotatable bonds is 2. The van der Waals surface area contributed by atoms with E-state index in [4.69, 9.17) is 9.47 Å². The van der Waals surface area contributed by atoms with Gasteiger partial charge in [0.25, 0.3) is 0 Å². The summed E-state index contributed by atoms with van der Waals surface area (Å²) in [4.78, 5) is 0. The highest BCUT2D eigenvalue weighted by molar-refractivity contribution is 5.75. The largest absolute Gasteiger partial charge is 0.493 e. The quantitative estimate of drug-likeness (QED) is 0.859. The van der Waals surface area contributed by atoms with Crippen molar-refractivity contribution >= 4 is 11.4 Å². The molecule has 106 valence electrons. The first-order valence-corrected chi connectivity index (χ1v) is 6.72. The number of anilines is 2. The van der Waals surface area contributed by atoms with E-state index in [0.717, 1.165) is 35.8 Å². The van der Waals surface area contributed by atoms with Crippen molar-refractivity contribution in [1.29, 1.82) is 0 Å². The first-order valence-electron chi connectivity index (χ1n) is 6.72. The van der Waals surface area contributed by atoms with Crippen molar-refractivity contribution in [1.82, 2.24) is 0 Å². The van der Waals surface area contributed by atoms with Crippen LogP contribution in [-0.2, 0) is 0 Å².